The molecule has 3 heteroatoms. The van der Waals surface area contributed by atoms with Gasteiger partial charge in [-0.3, -0.25) is 4.79 Å². The van der Waals surface area contributed by atoms with Crippen molar-refractivity contribution in [1.82, 2.24) is 4.90 Å². The van der Waals surface area contributed by atoms with Crippen LogP contribution in [0.1, 0.15) is 50.7 Å². The van der Waals surface area contributed by atoms with Gasteiger partial charge in [0.05, 0.1) is 0 Å². The van der Waals surface area contributed by atoms with Gasteiger partial charge in [-0.1, -0.05) is 19.1 Å². The van der Waals surface area contributed by atoms with Crippen molar-refractivity contribution in [3.05, 3.63) is 29.3 Å². The number of ether oxygens (including phenoxy) is 1. The quantitative estimate of drug-likeness (QED) is 0.854. The fraction of sp³-hybridized carbons (Fsp3) is 0.632. The van der Waals surface area contributed by atoms with Crippen molar-refractivity contribution in [2.24, 2.45) is 5.92 Å². The van der Waals surface area contributed by atoms with Crippen LogP contribution in [0.5, 0.6) is 5.75 Å². The highest BCUT2D eigenvalue weighted by Gasteiger charge is 2.27. The first kappa shape index (κ1) is 15.4. The van der Waals surface area contributed by atoms with Crippen LogP contribution in [0.3, 0.4) is 0 Å². The summed E-state index contributed by atoms with van der Waals surface area (Å²) in [6, 6.07) is 6.27. The standard InChI is InChI=1S/C19H27NO2/c1-14-7-6-12-20(13-14)19(21)15(2)22-18-11-5-9-16-8-3-4-10-17(16)18/h5,9,11,14-15H,3-4,6-8,10,12-13H2,1-2H3/t14-,15-/m1/s1. The van der Waals surface area contributed by atoms with Gasteiger partial charge in [0.1, 0.15) is 5.75 Å². The predicted molar refractivity (Wildman–Crippen MR) is 88.2 cm³/mol. The van der Waals surface area contributed by atoms with Crippen LogP contribution in [0.25, 0.3) is 0 Å². The predicted octanol–water partition coefficient (Wildman–Crippen LogP) is 3.59. The van der Waals surface area contributed by atoms with Crippen LogP contribution in [0.2, 0.25) is 0 Å². The Labute approximate surface area is 133 Å². The van der Waals surface area contributed by atoms with Gasteiger partial charge in [0, 0.05) is 13.1 Å². The number of rotatable bonds is 3. The van der Waals surface area contributed by atoms with Crippen molar-refractivity contribution in [3.63, 3.8) is 0 Å². The summed E-state index contributed by atoms with van der Waals surface area (Å²) in [7, 11) is 0. The van der Waals surface area contributed by atoms with Gasteiger partial charge in [-0.05, 0) is 68.6 Å². The van der Waals surface area contributed by atoms with Crippen LogP contribution in [-0.2, 0) is 17.6 Å². The summed E-state index contributed by atoms with van der Waals surface area (Å²) < 4.78 is 6.07. The molecule has 0 bridgehead atoms. The number of benzene rings is 1. The maximum Gasteiger partial charge on any atom is 0.263 e. The minimum Gasteiger partial charge on any atom is -0.481 e. The largest absolute Gasteiger partial charge is 0.481 e. The summed E-state index contributed by atoms with van der Waals surface area (Å²) in [4.78, 5) is 14.6. The molecule has 3 nitrogen and oxygen atoms in total. The lowest BCUT2D eigenvalue weighted by Crippen LogP contribution is -2.45. The topological polar surface area (TPSA) is 29.5 Å². The van der Waals surface area contributed by atoms with Crippen molar-refractivity contribution in [2.75, 3.05) is 13.1 Å². The van der Waals surface area contributed by atoms with E-state index in [0.29, 0.717) is 5.92 Å². The Morgan fingerprint density at radius 1 is 1.27 bits per heavy atom. The SMILES string of the molecule is C[C@@H]1CCCN(C(=O)[C@@H](C)Oc2cccc3c2CCCC3)C1. The van der Waals surface area contributed by atoms with E-state index in [1.807, 2.05) is 17.9 Å². The second-order valence-corrected chi connectivity index (χ2v) is 6.89. The Morgan fingerprint density at radius 3 is 2.91 bits per heavy atom. The average Bonchev–Trinajstić information content (AvgIpc) is 2.54. The molecule has 1 amide bonds. The highest BCUT2D eigenvalue weighted by molar-refractivity contribution is 5.81. The van der Waals surface area contributed by atoms with Crippen LogP contribution >= 0.6 is 0 Å². The number of fused-ring (bicyclic) bond motifs is 1. The molecule has 1 heterocycles. The molecule has 0 unspecified atom stereocenters. The number of carbonyl (C=O) groups is 1. The van der Waals surface area contributed by atoms with Crippen LogP contribution in [0.4, 0.5) is 0 Å². The smallest absolute Gasteiger partial charge is 0.263 e. The first-order valence-corrected chi connectivity index (χ1v) is 8.71. The Bertz CT molecular complexity index is 540. The van der Waals surface area contributed by atoms with Crippen molar-refractivity contribution in [2.45, 2.75) is 58.5 Å². The molecular formula is C19H27NO2. The lowest BCUT2D eigenvalue weighted by atomic mass is 9.91. The molecule has 0 spiro atoms. The van der Waals surface area contributed by atoms with Crippen LogP contribution in [0, 0.1) is 5.92 Å². The molecule has 0 N–H and O–H groups in total. The molecule has 1 fully saturated rings. The van der Waals surface area contributed by atoms with Gasteiger partial charge in [-0.15, -0.1) is 0 Å². The van der Waals surface area contributed by atoms with Gasteiger partial charge >= 0.3 is 0 Å². The van der Waals surface area contributed by atoms with Crippen molar-refractivity contribution < 1.29 is 9.53 Å². The number of aryl methyl sites for hydroxylation is 1. The number of hydrogen-bond acceptors (Lipinski definition) is 2. The van der Waals surface area contributed by atoms with Gasteiger partial charge in [0.25, 0.3) is 5.91 Å². The minimum absolute atomic E-state index is 0.139. The maximum atomic E-state index is 12.6. The van der Waals surface area contributed by atoms with E-state index in [4.69, 9.17) is 4.74 Å². The molecular weight excluding hydrogens is 274 g/mol. The molecule has 3 rings (SSSR count). The van der Waals surface area contributed by atoms with E-state index >= 15 is 0 Å². The molecule has 2 aliphatic rings. The molecule has 0 aromatic heterocycles. The summed E-state index contributed by atoms with van der Waals surface area (Å²) in [6.45, 7) is 5.87. The molecule has 1 aromatic carbocycles. The third-order valence-corrected chi connectivity index (χ3v) is 4.97. The zero-order valence-electron chi connectivity index (χ0n) is 13.8. The van der Waals surface area contributed by atoms with E-state index in [9.17, 15) is 4.79 Å². The Morgan fingerprint density at radius 2 is 2.09 bits per heavy atom. The normalized spacial score (nSPS) is 22.8. The Balaban J connectivity index is 1.69. The minimum atomic E-state index is -0.390. The molecule has 0 saturated carbocycles. The van der Waals surface area contributed by atoms with Crippen LogP contribution in [0.15, 0.2) is 18.2 Å². The zero-order valence-corrected chi connectivity index (χ0v) is 13.8. The van der Waals surface area contributed by atoms with Crippen molar-refractivity contribution >= 4 is 5.91 Å². The lowest BCUT2D eigenvalue weighted by molar-refractivity contribution is -0.139. The summed E-state index contributed by atoms with van der Waals surface area (Å²) >= 11 is 0. The van der Waals surface area contributed by atoms with Gasteiger partial charge in [0.15, 0.2) is 6.10 Å². The average molecular weight is 301 g/mol. The summed E-state index contributed by atoms with van der Waals surface area (Å²) in [5, 5.41) is 0. The second kappa shape index (κ2) is 6.72. The molecule has 22 heavy (non-hydrogen) atoms. The fourth-order valence-electron chi connectivity index (χ4n) is 3.74. The number of carbonyl (C=O) groups excluding carboxylic acids is 1. The molecule has 120 valence electrons. The van der Waals surface area contributed by atoms with Crippen molar-refractivity contribution in [3.8, 4) is 5.75 Å². The summed E-state index contributed by atoms with van der Waals surface area (Å²) in [6.07, 6.45) is 6.64. The van der Waals surface area contributed by atoms with E-state index in [1.165, 1.54) is 30.4 Å². The fourth-order valence-corrected chi connectivity index (χ4v) is 3.74. The highest BCUT2D eigenvalue weighted by atomic mass is 16.5. The molecule has 1 aromatic rings. The summed E-state index contributed by atoms with van der Waals surface area (Å²) in [5.74, 6) is 1.66. The molecule has 1 saturated heterocycles. The third-order valence-electron chi connectivity index (χ3n) is 4.97. The van der Waals surface area contributed by atoms with Gasteiger partial charge < -0.3 is 9.64 Å². The number of likely N-dealkylation sites (tertiary alicyclic amines) is 1. The van der Waals surface area contributed by atoms with Gasteiger partial charge in [-0.2, -0.15) is 0 Å². The van der Waals surface area contributed by atoms with E-state index < -0.39 is 6.10 Å². The first-order chi connectivity index (χ1) is 10.6. The van der Waals surface area contributed by atoms with Gasteiger partial charge in [0.2, 0.25) is 0 Å². The van der Waals surface area contributed by atoms with Gasteiger partial charge in [-0.25, -0.2) is 0 Å². The lowest BCUT2D eigenvalue weighted by Gasteiger charge is -2.33. The van der Waals surface area contributed by atoms with Crippen molar-refractivity contribution in [1.29, 1.82) is 0 Å². The maximum absolute atomic E-state index is 12.6. The van der Waals surface area contributed by atoms with E-state index in [0.717, 1.165) is 38.1 Å². The Kier molecular flexibility index (Phi) is 4.70. The number of hydrogen-bond donors (Lipinski definition) is 0. The second-order valence-electron chi connectivity index (χ2n) is 6.89. The molecule has 1 aliphatic carbocycles. The van der Waals surface area contributed by atoms with E-state index in [2.05, 4.69) is 19.1 Å². The van der Waals surface area contributed by atoms with E-state index in [-0.39, 0.29) is 5.91 Å². The number of amides is 1. The zero-order chi connectivity index (χ0) is 15.5. The van der Waals surface area contributed by atoms with E-state index in [1.54, 1.807) is 0 Å². The number of nitrogens with zero attached hydrogens (tertiary/aromatic N) is 1. The monoisotopic (exact) mass is 301 g/mol. The first-order valence-electron chi connectivity index (χ1n) is 8.71. The summed E-state index contributed by atoms with van der Waals surface area (Å²) in [5.41, 5.74) is 2.72. The third kappa shape index (κ3) is 3.29. The Hall–Kier alpha value is -1.51. The molecule has 2 atom stereocenters. The molecule has 0 radical (unpaired) electrons. The highest BCUT2D eigenvalue weighted by Crippen LogP contribution is 2.30. The molecule has 1 aliphatic heterocycles. The number of piperidine rings is 1. The van der Waals surface area contributed by atoms with Crippen LogP contribution < -0.4 is 4.74 Å². The van der Waals surface area contributed by atoms with Crippen LogP contribution in [-0.4, -0.2) is 30.0 Å².